The van der Waals surface area contributed by atoms with Crippen molar-refractivity contribution in [3.8, 4) is 0 Å². The fourth-order valence-electron chi connectivity index (χ4n) is 2.65. The Morgan fingerprint density at radius 2 is 1.96 bits per heavy atom. The zero-order chi connectivity index (χ0) is 17.0. The number of anilines is 1. The molecule has 0 radical (unpaired) electrons. The zero-order valence-electron chi connectivity index (χ0n) is 13.9. The third-order valence-electron chi connectivity index (χ3n) is 4.29. The molecule has 2 rings (SSSR count). The topological polar surface area (TPSA) is 83.5 Å². The predicted octanol–water partition coefficient (Wildman–Crippen LogP) is 0.647. The van der Waals surface area contributed by atoms with Crippen LogP contribution in [0.1, 0.15) is 25.5 Å². The van der Waals surface area contributed by atoms with Crippen molar-refractivity contribution in [2.24, 2.45) is 0 Å². The summed E-state index contributed by atoms with van der Waals surface area (Å²) in [4.78, 5) is 15.8. The molecule has 1 saturated heterocycles. The van der Waals surface area contributed by atoms with E-state index in [1.807, 2.05) is 26.1 Å². The van der Waals surface area contributed by atoms with E-state index in [0.717, 1.165) is 24.4 Å². The van der Waals surface area contributed by atoms with Gasteiger partial charge in [0.1, 0.15) is 5.75 Å². The van der Waals surface area contributed by atoms with Crippen LogP contribution in [0.5, 0.6) is 0 Å². The number of nitrogens with zero attached hydrogens (tertiary/aromatic N) is 4. The van der Waals surface area contributed by atoms with E-state index in [9.17, 15) is 13.2 Å². The molecule has 7 nitrogen and oxygen atoms in total. The number of piperidine rings is 1. The summed E-state index contributed by atoms with van der Waals surface area (Å²) >= 11 is 0. The lowest BCUT2D eigenvalue weighted by molar-refractivity contribution is -0.129. The summed E-state index contributed by atoms with van der Waals surface area (Å²) in [5.41, 5.74) is 0.875. The smallest absolute Gasteiger partial charge is 0.237 e. The van der Waals surface area contributed by atoms with Gasteiger partial charge in [-0.1, -0.05) is 6.92 Å². The molecule has 2 heterocycles. The van der Waals surface area contributed by atoms with Crippen molar-refractivity contribution in [2.45, 2.75) is 32.7 Å². The van der Waals surface area contributed by atoms with Gasteiger partial charge in [-0.3, -0.25) is 4.79 Å². The molecule has 0 N–H and O–H groups in total. The van der Waals surface area contributed by atoms with Gasteiger partial charge in [-0.15, -0.1) is 5.10 Å². The lowest BCUT2D eigenvalue weighted by Crippen LogP contribution is -2.47. The number of hydrogen-bond donors (Lipinski definition) is 0. The van der Waals surface area contributed by atoms with Gasteiger partial charge in [0.05, 0.1) is 5.69 Å². The van der Waals surface area contributed by atoms with Gasteiger partial charge >= 0.3 is 0 Å². The molecule has 0 bridgehead atoms. The average Bonchev–Trinajstić information content (AvgIpc) is 2.54. The van der Waals surface area contributed by atoms with Crippen LogP contribution < -0.4 is 4.90 Å². The molecule has 0 atom stereocenters. The van der Waals surface area contributed by atoms with Crippen molar-refractivity contribution in [1.82, 2.24) is 15.1 Å². The quantitative estimate of drug-likeness (QED) is 0.782. The highest BCUT2D eigenvalue weighted by Gasteiger charge is 2.27. The Labute approximate surface area is 137 Å². The Morgan fingerprint density at radius 1 is 1.30 bits per heavy atom. The molecule has 1 fully saturated rings. The van der Waals surface area contributed by atoms with Crippen LogP contribution in [-0.4, -0.2) is 67.1 Å². The van der Waals surface area contributed by atoms with Crippen LogP contribution in [0.2, 0.25) is 0 Å². The van der Waals surface area contributed by atoms with Crippen LogP contribution in [0.15, 0.2) is 12.1 Å². The maximum absolute atomic E-state index is 12.1. The predicted molar refractivity (Wildman–Crippen MR) is 89.1 cm³/mol. The molecule has 8 heteroatoms. The summed E-state index contributed by atoms with van der Waals surface area (Å²) in [6.07, 6.45) is 1.59. The van der Waals surface area contributed by atoms with Crippen LogP contribution in [0.4, 0.5) is 5.82 Å². The number of amides is 1. The fourth-order valence-corrected chi connectivity index (χ4v) is 3.41. The van der Waals surface area contributed by atoms with Gasteiger partial charge in [-0.05, 0) is 31.9 Å². The van der Waals surface area contributed by atoms with E-state index in [-0.39, 0.29) is 23.5 Å². The number of sulfone groups is 1. The van der Waals surface area contributed by atoms with E-state index in [0.29, 0.717) is 13.1 Å². The highest BCUT2D eigenvalue weighted by atomic mass is 32.2. The average molecular weight is 340 g/mol. The highest BCUT2D eigenvalue weighted by Crippen LogP contribution is 2.20. The van der Waals surface area contributed by atoms with Crippen molar-refractivity contribution in [3.05, 3.63) is 17.8 Å². The number of carbonyl (C=O) groups excluding carboxylic acids is 1. The number of rotatable bonds is 5. The van der Waals surface area contributed by atoms with Crippen molar-refractivity contribution in [2.75, 3.05) is 36.5 Å². The first kappa shape index (κ1) is 17.7. The Morgan fingerprint density at radius 3 is 2.48 bits per heavy atom. The molecular formula is C15H24N4O3S. The van der Waals surface area contributed by atoms with Gasteiger partial charge in [-0.25, -0.2) is 8.42 Å². The van der Waals surface area contributed by atoms with Crippen LogP contribution >= 0.6 is 0 Å². The van der Waals surface area contributed by atoms with Gasteiger partial charge in [0.15, 0.2) is 15.7 Å². The number of aryl methyl sites for hydroxylation is 1. The van der Waals surface area contributed by atoms with Gasteiger partial charge in [0.25, 0.3) is 0 Å². The minimum atomic E-state index is -3.26. The maximum atomic E-state index is 12.1. The molecule has 128 valence electrons. The summed E-state index contributed by atoms with van der Waals surface area (Å²) in [5.74, 6) is 0.148. The van der Waals surface area contributed by atoms with E-state index in [2.05, 4.69) is 15.1 Å². The number of hydrogen-bond acceptors (Lipinski definition) is 6. The SMILES string of the molecule is CCS(=O)(=O)CC(=O)N1CCC(N(C)c2ccc(C)nn2)CC1. The maximum Gasteiger partial charge on any atom is 0.237 e. The van der Waals surface area contributed by atoms with Gasteiger partial charge in [0.2, 0.25) is 5.91 Å². The molecule has 1 aromatic rings. The summed E-state index contributed by atoms with van der Waals surface area (Å²) in [5, 5.41) is 8.25. The van der Waals surface area contributed by atoms with Crippen LogP contribution in [0.25, 0.3) is 0 Å². The van der Waals surface area contributed by atoms with E-state index in [1.165, 1.54) is 0 Å². The summed E-state index contributed by atoms with van der Waals surface area (Å²) < 4.78 is 23.1. The molecule has 0 aliphatic carbocycles. The summed E-state index contributed by atoms with van der Waals surface area (Å²) in [6.45, 7) is 4.61. The summed E-state index contributed by atoms with van der Waals surface area (Å²) in [7, 11) is -1.29. The van der Waals surface area contributed by atoms with Crippen LogP contribution in [0, 0.1) is 6.92 Å². The van der Waals surface area contributed by atoms with Crippen molar-refractivity contribution in [3.63, 3.8) is 0 Å². The third kappa shape index (κ3) is 4.63. The molecule has 1 aliphatic heterocycles. The van der Waals surface area contributed by atoms with Crippen LogP contribution in [-0.2, 0) is 14.6 Å². The van der Waals surface area contributed by atoms with E-state index in [4.69, 9.17) is 0 Å². The first-order valence-electron chi connectivity index (χ1n) is 7.83. The zero-order valence-corrected chi connectivity index (χ0v) is 14.7. The third-order valence-corrected chi connectivity index (χ3v) is 5.86. The molecular weight excluding hydrogens is 316 g/mol. The van der Waals surface area contributed by atoms with E-state index < -0.39 is 9.84 Å². The first-order chi connectivity index (χ1) is 10.8. The lowest BCUT2D eigenvalue weighted by Gasteiger charge is -2.37. The minimum absolute atomic E-state index is 0.00400. The Kier molecular flexibility index (Phi) is 5.56. The molecule has 0 aromatic carbocycles. The normalized spacial score (nSPS) is 16.4. The second-order valence-electron chi connectivity index (χ2n) is 5.93. The number of aromatic nitrogens is 2. The van der Waals surface area contributed by atoms with Crippen molar-refractivity contribution >= 4 is 21.6 Å². The van der Waals surface area contributed by atoms with Gasteiger partial charge in [0, 0.05) is 31.9 Å². The molecule has 1 aromatic heterocycles. The number of likely N-dealkylation sites (tertiary alicyclic amines) is 1. The van der Waals surface area contributed by atoms with Crippen molar-refractivity contribution < 1.29 is 13.2 Å². The lowest BCUT2D eigenvalue weighted by atomic mass is 10.0. The Balaban J connectivity index is 1.90. The second-order valence-corrected chi connectivity index (χ2v) is 8.29. The largest absolute Gasteiger partial charge is 0.355 e. The molecule has 0 unspecified atom stereocenters. The first-order valence-corrected chi connectivity index (χ1v) is 9.66. The Hall–Kier alpha value is -1.70. The number of carbonyl (C=O) groups is 1. The molecule has 0 saturated carbocycles. The molecule has 0 spiro atoms. The summed E-state index contributed by atoms with van der Waals surface area (Å²) in [6, 6.07) is 4.14. The monoisotopic (exact) mass is 340 g/mol. The van der Waals surface area contributed by atoms with Crippen LogP contribution in [0.3, 0.4) is 0 Å². The standard InChI is InChI=1S/C15H24N4O3S/c1-4-23(21,22)11-15(20)19-9-7-13(8-10-19)18(3)14-6-5-12(2)16-17-14/h5-6,13H,4,7-11H2,1-3H3. The highest BCUT2D eigenvalue weighted by molar-refractivity contribution is 7.92. The van der Waals surface area contributed by atoms with Gasteiger partial charge < -0.3 is 9.80 Å². The molecule has 1 amide bonds. The molecule has 1 aliphatic rings. The second kappa shape index (κ2) is 7.25. The minimum Gasteiger partial charge on any atom is -0.355 e. The molecule has 23 heavy (non-hydrogen) atoms. The Bertz CT molecular complexity index is 637. The van der Waals surface area contributed by atoms with E-state index >= 15 is 0 Å². The van der Waals surface area contributed by atoms with Gasteiger partial charge in [-0.2, -0.15) is 5.10 Å². The van der Waals surface area contributed by atoms with Crippen molar-refractivity contribution in [1.29, 1.82) is 0 Å². The van der Waals surface area contributed by atoms with E-state index in [1.54, 1.807) is 11.8 Å². The fraction of sp³-hybridized carbons (Fsp3) is 0.667.